The summed E-state index contributed by atoms with van der Waals surface area (Å²) in [5.74, 6) is -0.640. The summed E-state index contributed by atoms with van der Waals surface area (Å²) in [6, 6.07) is 36.1. The van der Waals surface area contributed by atoms with Gasteiger partial charge >= 0.3 is 6.09 Å². The van der Waals surface area contributed by atoms with Gasteiger partial charge in [-0.05, 0) is 33.7 Å². The zero-order chi connectivity index (χ0) is 32.8. The molecular weight excluding hydrogens is 590 g/mol. The van der Waals surface area contributed by atoms with Crippen molar-refractivity contribution in [3.63, 3.8) is 0 Å². The Balaban J connectivity index is 1.32. The summed E-state index contributed by atoms with van der Waals surface area (Å²) in [5.41, 5.74) is 5.47. The molecule has 3 N–H and O–H groups in total. The predicted octanol–water partition coefficient (Wildman–Crippen LogP) is 5.86. The molecule has 0 fully saturated rings. The summed E-state index contributed by atoms with van der Waals surface area (Å²) in [5, 5.41) is 5.71. The van der Waals surface area contributed by atoms with Crippen molar-refractivity contribution in [2.24, 2.45) is 0 Å². The molecule has 1 heterocycles. The normalized spacial score (nSPS) is 12.0. The molecule has 9 heteroatoms. The number of rotatable bonds is 14. The number of carbonyl (C=O) groups excluding carboxylic acids is 3. The molecule has 0 saturated heterocycles. The molecule has 5 rings (SSSR count). The number of hydrogen-bond acceptors (Lipinski definition) is 5. The quantitative estimate of drug-likeness (QED) is 0.142. The van der Waals surface area contributed by atoms with Crippen LogP contribution in [0.2, 0.25) is 0 Å². The van der Waals surface area contributed by atoms with E-state index in [0.717, 1.165) is 27.8 Å². The highest BCUT2D eigenvalue weighted by Crippen LogP contribution is 2.20. The highest BCUT2D eigenvalue weighted by molar-refractivity contribution is 5.89. The number of hydrogen-bond donors (Lipinski definition) is 3. The molecule has 0 saturated carbocycles. The first-order valence-electron chi connectivity index (χ1n) is 15.6. The van der Waals surface area contributed by atoms with Gasteiger partial charge in [-0.25, -0.2) is 9.78 Å². The summed E-state index contributed by atoms with van der Waals surface area (Å²) in [6.07, 6.45) is 2.55. The smallest absolute Gasteiger partial charge is 0.408 e. The number of nitrogens with one attached hydrogen (secondary N) is 3. The minimum Gasteiger partial charge on any atom is -0.445 e. The molecule has 3 amide bonds. The number of ether oxygens (including phenoxy) is 1. The number of alkyl carbamates (subject to hydrolysis) is 1. The fourth-order valence-corrected chi connectivity index (χ4v) is 5.20. The zero-order valence-corrected chi connectivity index (χ0v) is 26.3. The van der Waals surface area contributed by atoms with Crippen molar-refractivity contribution in [2.45, 2.75) is 38.5 Å². The fourth-order valence-electron chi connectivity index (χ4n) is 5.20. The van der Waals surface area contributed by atoms with Crippen LogP contribution >= 0.6 is 0 Å². The van der Waals surface area contributed by atoms with Crippen LogP contribution < -0.4 is 10.6 Å². The van der Waals surface area contributed by atoms with Gasteiger partial charge in [-0.1, -0.05) is 122 Å². The van der Waals surface area contributed by atoms with Crippen molar-refractivity contribution >= 4 is 17.9 Å². The molecule has 0 aliphatic heterocycles. The molecule has 0 aliphatic rings. The van der Waals surface area contributed by atoms with E-state index in [9.17, 15) is 14.4 Å². The van der Waals surface area contributed by atoms with Crippen molar-refractivity contribution in [3.05, 3.63) is 150 Å². The van der Waals surface area contributed by atoms with E-state index in [1.54, 1.807) is 6.20 Å². The Hall–Kier alpha value is -5.70. The molecule has 4 aromatic carbocycles. The molecule has 0 bridgehead atoms. The fraction of sp³-hybridized carbons (Fsp3) is 0.211. The number of aromatic amines is 1. The van der Waals surface area contributed by atoms with Crippen molar-refractivity contribution in [2.75, 3.05) is 13.1 Å². The lowest BCUT2D eigenvalue weighted by Gasteiger charge is -2.28. The van der Waals surface area contributed by atoms with E-state index in [1.807, 2.05) is 122 Å². The lowest BCUT2D eigenvalue weighted by molar-refractivity contribution is -0.138. The Morgan fingerprint density at radius 2 is 1.45 bits per heavy atom. The summed E-state index contributed by atoms with van der Waals surface area (Å²) in [7, 11) is 0. The third kappa shape index (κ3) is 9.89. The van der Waals surface area contributed by atoms with Crippen molar-refractivity contribution in [3.8, 4) is 11.1 Å². The number of imidazole rings is 1. The van der Waals surface area contributed by atoms with E-state index in [4.69, 9.17) is 4.74 Å². The molecule has 2 unspecified atom stereocenters. The second kappa shape index (κ2) is 16.6. The van der Waals surface area contributed by atoms with Crippen LogP contribution in [-0.4, -0.2) is 51.9 Å². The molecule has 0 spiro atoms. The third-order valence-electron chi connectivity index (χ3n) is 7.83. The van der Waals surface area contributed by atoms with Gasteiger partial charge in [0.25, 0.3) is 0 Å². The number of H-pyrrole nitrogens is 1. The van der Waals surface area contributed by atoms with Crippen LogP contribution in [0.4, 0.5) is 4.79 Å². The maximum Gasteiger partial charge on any atom is 0.408 e. The Kier molecular flexibility index (Phi) is 11.5. The average Bonchev–Trinajstić information content (AvgIpc) is 3.63. The topological polar surface area (TPSA) is 116 Å². The summed E-state index contributed by atoms with van der Waals surface area (Å²) in [6.45, 7) is 2.47. The number of amides is 3. The lowest BCUT2D eigenvalue weighted by atomic mass is 10.0. The minimum atomic E-state index is -1.03. The number of nitrogens with zero attached hydrogens (tertiary/aromatic N) is 2. The monoisotopic (exact) mass is 629 g/mol. The Morgan fingerprint density at radius 1 is 0.809 bits per heavy atom. The molecule has 5 aromatic rings. The Labute approximate surface area is 275 Å². The van der Waals surface area contributed by atoms with Crippen LogP contribution in [0.1, 0.15) is 35.2 Å². The van der Waals surface area contributed by atoms with Crippen molar-refractivity contribution < 1.29 is 19.1 Å². The van der Waals surface area contributed by atoms with Gasteiger partial charge in [-0.3, -0.25) is 9.59 Å². The summed E-state index contributed by atoms with van der Waals surface area (Å²) in [4.78, 5) is 49.1. The van der Waals surface area contributed by atoms with Crippen LogP contribution in [-0.2, 0) is 33.9 Å². The second-order valence-electron chi connectivity index (χ2n) is 11.4. The van der Waals surface area contributed by atoms with Crippen LogP contribution in [0.15, 0.2) is 128 Å². The van der Waals surface area contributed by atoms with Gasteiger partial charge in [0.2, 0.25) is 11.8 Å². The van der Waals surface area contributed by atoms with E-state index in [0.29, 0.717) is 12.2 Å². The first-order chi connectivity index (χ1) is 22.9. The van der Waals surface area contributed by atoms with Gasteiger partial charge < -0.3 is 25.3 Å². The zero-order valence-electron chi connectivity index (χ0n) is 26.3. The molecular formula is C38H39N5O4. The van der Waals surface area contributed by atoms with E-state index in [2.05, 4.69) is 20.6 Å². The molecule has 2 atom stereocenters. The van der Waals surface area contributed by atoms with Gasteiger partial charge in [-0.15, -0.1) is 0 Å². The molecule has 240 valence electrons. The number of aromatic nitrogens is 2. The van der Waals surface area contributed by atoms with Crippen LogP contribution in [0, 0.1) is 0 Å². The third-order valence-corrected chi connectivity index (χ3v) is 7.83. The maximum atomic E-state index is 14.2. The lowest BCUT2D eigenvalue weighted by Crippen LogP contribution is -2.52. The van der Waals surface area contributed by atoms with Crippen LogP contribution in [0.3, 0.4) is 0 Å². The van der Waals surface area contributed by atoms with E-state index in [1.165, 1.54) is 11.2 Å². The SMILES string of the molecule is CC(CNC(=O)CN(Cc1ccc(-c2ccccc2)cc1)C(=O)C(Cc1c[nH]cn1)NC(=O)OCc1ccccc1)c1ccccc1. The van der Waals surface area contributed by atoms with E-state index in [-0.39, 0.29) is 37.9 Å². The van der Waals surface area contributed by atoms with Gasteiger partial charge in [0.15, 0.2) is 0 Å². The maximum absolute atomic E-state index is 14.2. The molecule has 0 aliphatic carbocycles. The van der Waals surface area contributed by atoms with Crippen molar-refractivity contribution in [1.82, 2.24) is 25.5 Å². The van der Waals surface area contributed by atoms with Crippen LogP contribution in [0.25, 0.3) is 11.1 Å². The van der Waals surface area contributed by atoms with Gasteiger partial charge in [-0.2, -0.15) is 0 Å². The number of benzene rings is 4. The minimum absolute atomic E-state index is 0.0511. The Morgan fingerprint density at radius 3 is 2.11 bits per heavy atom. The molecule has 47 heavy (non-hydrogen) atoms. The van der Waals surface area contributed by atoms with E-state index >= 15 is 0 Å². The highest BCUT2D eigenvalue weighted by Gasteiger charge is 2.29. The average molecular weight is 630 g/mol. The van der Waals surface area contributed by atoms with Crippen LogP contribution in [0.5, 0.6) is 0 Å². The number of carbonyl (C=O) groups is 3. The van der Waals surface area contributed by atoms with Crippen molar-refractivity contribution in [1.29, 1.82) is 0 Å². The van der Waals surface area contributed by atoms with E-state index < -0.39 is 18.0 Å². The predicted molar refractivity (Wildman–Crippen MR) is 181 cm³/mol. The second-order valence-corrected chi connectivity index (χ2v) is 11.4. The molecule has 0 radical (unpaired) electrons. The molecule has 9 nitrogen and oxygen atoms in total. The van der Waals surface area contributed by atoms with Gasteiger partial charge in [0, 0.05) is 25.7 Å². The first-order valence-corrected chi connectivity index (χ1v) is 15.6. The Bertz CT molecular complexity index is 1700. The van der Waals surface area contributed by atoms with Gasteiger partial charge in [0.1, 0.15) is 12.6 Å². The summed E-state index contributed by atoms with van der Waals surface area (Å²) >= 11 is 0. The van der Waals surface area contributed by atoms with Gasteiger partial charge in [0.05, 0.1) is 18.6 Å². The first kappa shape index (κ1) is 32.7. The molecule has 1 aromatic heterocycles. The summed E-state index contributed by atoms with van der Waals surface area (Å²) < 4.78 is 5.44. The highest BCUT2D eigenvalue weighted by atomic mass is 16.5. The standard InChI is InChI=1S/C38H39N5O4/c1-28(31-13-7-3-8-14-31)22-40-36(44)25-43(24-29-17-19-33(20-18-29)32-15-9-4-10-16-32)37(45)35(21-34-23-39-27-41-34)42-38(46)47-26-30-11-5-2-6-12-30/h2-20,23,27-28,35H,21-22,24-26H2,1H3,(H,39,41)(H,40,44)(H,42,46). The largest absolute Gasteiger partial charge is 0.445 e.